The molecule has 1 atom stereocenters. The van der Waals surface area contributed by atoms with Gasteiger partial charge in [0.05, 0.1) is 17.5 Å². The lowest BCUT2D eigenvalue weighted by molar-refractivity contribution is -0.117. The molecule has 1 aromatic rings. The molecule has 1 heterocycles. The maximum absolute atomic E-state index is 12.1. The Hall–Kier alpha value is -1.60. The number of benzene rings is 1. The quantitative estimate of drug-likeness (QED) is 0.860. The van der Waals surface area contributed by atoms with E-state index in [2.05, 4.69) is 5.32 Å². The Bertz CT molecular complexity index is 658. The lowest BCUT2D eigenvalue weighted by Crippen LogP contribution is -2.35. The minimum Gasteiger partial charge on any atom is -0.325 e. The molecule has 6 nitrogen and oxygen atoms in total. The SMILES string of the molecule is CCCC(N)C(=O)Nc1ccc(C)c(N2CCCS2(=O)=O)c1. The van der Waals surface area contributed by atoms with E-state index < -0.39 is 16.1 Å². The minimum atomic E-state index is -3.24. The van der Waals surface area contributed by atoms with Gasteiger partial charge in [0, 0.05) is 12.2 Å². The van der Waals surface area contributed by atoms with Crippen LogP contribution in [0.25, 0.3) is 0 Å². The van der Waals surface area contributed by atoms with E-state index >= 15 is 0 Å². The van der Waals surface area contributed by atoms with Crippen molar-refractivity contribution in [2.45, 2.75) is 39.2 Å². The van der Waals surface area contributed by atoms with Crippen LogP contribution >= 0.6 is 0 Å². The van der Waals surface area contributed by atoms with Gasteiger partial charge in [-0.25, -0.2) is 8.42 Å². The lowest BCUT2D eigenvalue weighted by atomic mass is 10.1. The first-order valence-corrected chi connectivity index (χ1v) is 9.13. The molecule has 3 N–H and O–H groups in total. The van der Waals surface area contributed by atoms with E-state index in [-0.39, 0.29) is 11.7 Å². The van der Waals surface area contributed by atoms with Gasteiger partial charge >= 0.3 is 0 Å². The van der Waals surface area contributed by atoms with Gasteiger partial charge in [0.1, 0.15) is 0 Å². The molecule has 7 heteroatoms. The number of carbonyl (C=O) groups is 1. The van der Waals surface area contributed by atoms with Crippen molar-refractivity contribution in [1.82, 2.24) is 0 Å². The zero-order chi connectivity index (χ0) is 16.3. The topological polar surface area (TPSA) is 92.5 Å². The Morgan fingerprint density at radius 3 is 2.77 bits per heavy atom. The molecule has 22 heavy (non-hydrogen) atoms. The highest BCUT2D eigenvalue weighted by atomic mass is 32.2. The van der Waals surface area contributed by atoms with Crippen molar-refractivity contribution >= 4 is 27.3 Å². The second kappa shape index (κ2) is 6.66. The summed E-state index contributed by atoms with van der Waals surface area (Å²) < 4.78 is 25.5. The molecule has 1 fully saturated rings. The highest BCUT2D eigenvalue weighted by molar-refractivity contribution is 7.93. The molecule has 1 unspecified atom stereocenters. The van der Waals surface area contributed by atoms with Crippen LogP contribution in [-0.2, 0) is 14.8 Å². The number of anilines is 2. The van der Waals surface area contributed by atoms with Crippen LogP contribution in [0, 0.1) is 6.92 Å². The van der Waals surface area contributed by atoms with Crippen molar-refractivity contribution in [3.8, 4) is 0 Å². The fourth-order valence-corrected chi connectivity index (χ4v) is 4.16. The van der Waals surface area contributed by atoms with Gasteiger partial charge in [0.2, 0.25) is 15.9 Å². The average molecular weight is 325 g/mol. The van der Waals surface area contributed by atoms with Gasteiger partial charge in [-0.1, -0.05) is 19.4 Å². The maximum Gasteiger partial charge on any atom is 0.241 e. The smallest absolute Gasteiger partial charge is 0.241 e. The minimum absolute atomic E-state index is 0.171. The predicted octanol–water partition coefficient (Wildman–Crippen LogP) is 1.60. The fourth-order valence-electron chi connectivity index (χ4n) is 2.54. The van der Waals surface area contributed by atoms with Crippen molar-refractivity contribution in [3.63, 3.8) is 0 Å². The summed E-state index contributed by atoms with van der Waals surface area (Å²) in [5.74, 6) is -0.0781. The Balaban J connectivity index is 2.22. The van der Waals surface area contributed by atoms with Crippen LogP contribution < -0.4 is 15.4 Å². The van der Waals surface area contributed by atoms with Crippen LogP contribution in [0.3, 0.4) is 0 Å². The number of nitrogens with zero attached hydrogens (tertiary/aromatic N) is 1. The number of amides is 1. The summed E-state index contributed by atoms with van der Waals surface area (Å²) in [4.78, 5) is 12.0. The van der Waals surface area contributed by atoms with E-state index in [0.29, 0.717) is 30.8 Å². The van der Waals surface area contributed by atoms with Crippen LogP contribution in [0.15, 0.2) is 18.2 Å². The van der Waals surface area contributed by atoms with Gasteiger partial charge in [0.15, 0.2) is 0 Å². The molecule has 122 valence electrons. The van der Waals surface area contributed by atoms with Gasteiger partial charge in [0.25, 0.3) is 0 Å². The van der Waals surface area contributed by atoms with Crippen LogP contribution in [0.5, 0.6) is 0 Å². The van der Waals surface area contributed by atoms with Crippen molar-refractivity contribution in [1.29, 1.82) is 0 Å². The third-order valence-corrected chi connectivity index (χ3v) is 5.64. The highest BCUT2D eigenvalue weighted by Crippen LogP contribution is 2.30. The molecule has 0 spiro atoms. The molecule has 0 bridgehead atoms. The van der Waals surface area contributed by atoms with E-state index in [1.807, 2.05) is 19.9 Å². The molecule has 0 aliphatic carbocycles. The van der Waals surface area contributed by atoms with Crippen LogP contribution in [-0.4, -0.2) is 32.7 Å². The molecule has 1 aliphatic heterocycles. The molecule has 0 radical (unpaired) electrons. The first kappa shape index (κ1) is 16.8. The number of carbonyl (C=O) groups excluding carboxylic acids is 1. The first-order chi connectivity index (χ1) is 10.3. The number of nitrogens with two attached hydrogens (primary N) is 1. The van der Waals surface area contributed by atoms with Gasteiger partial charge in [-0.3, -0.25) is 9.10 Å². The molecule has 0 saturated carbocycles. The van der Waals surface area contributed by atoms with Gasteiger partial charge in [-0.2, -0.15) is 0 Å². The summed E-state index contributed by atoms with van der Waals surface area (Å²) in [7, 11) is -3.24. The number of hydrogen-bond acceptors (Lipinski definition) is 4. The van der Waals surface area contributed by atoms with E-state index in [9.17, 15) is 13.2 Å². The molecule has 1 saturated heterocycles. The van der Waals surface area contributed by atoms with Crippen molar-refractivity contribution in [2.24, 2.45) is 5.73 Å². The van der Waals surface area contributed by atoms with E-state index in [4.69, 9.17) is 5.73 Å². The number of hydrogen-bond donors (Lipinski definition) is 2. The number of aryl methyl sites for hydroxylation is 1. The van der Waals surface area contributed by atoms with Gasteiger partial charge in [-0.05, 0) is 37.5 Å². The molecule has 2 rings (SSSR count). The third kappa shape index (κ3) is 3.59. The molecular weight excluding hydrogens is 302 g/mol. The molecule has 1 aromatic carbocycles. The van der Waals surface area contributed by atoms with Crippen molar-refractivity contribution < 1.29 is 13.2 Å². The second-order valence-corrected chi connectivity index (χ2v) is 7.64. The maximum atomic E-state index is 12.1. The Labute approximate surface area is 131 Å². The summed E-state index contributed by atoms with van der Waals surface area (Å²) in [6, 6.07) is 4.72. The van der Waals surface area contributed by atoms with Crippen molar-refractivity contribution in [3.05, 3.63) is 23.8 Å². The summed E-state index contributed by atoms with van der Waals surface area (Å²) in [5, 5.41) is 2.76. The molecular formula is C15H23N3O3S. The zero-order valence-electron chi connectivity index (χ0n) is 13.0. The predicted molar refractivity (Wildman–Crippen MR) is 88.4 cm³/mol. The summed E-state index contributed by atoms with van der Waals surface area (Å²) in [6.45, 7) is 4.31. The Morgan fingerprint density at radius 2 is 2.18 bits per heavy atom. The zero-order valence-corrected chi connectivity index (χ0v) is 13.8. The van der Waals surface area contributed by atoms with Gasteiger partial charge in [-0.15, -0.1) is 0 Å². The fraction of sp³-hybridized carbons (Fsp3) is 0.533. The first-order valence-electron chi connectivity index (χ1n) is 7.52. The Kier molecular flexibility index (Phi) is 5.08. The summed E-state index contributed by atoms with van der Waals surface area (Å²) in [6.07, 6.45) is 2.07. The second-order valence-electron chi connectivity index (χ2n) is 5.63. The molecule has 1 aliphatic rings. The summed E-state index contributed by atoms with van der Waals surface area (Å²) >= 11 is 0. The molecule has 1 amide bonds. The number of nitrogens with one attached hydrogen (secondary N) is 1. The normalized spacial score (nSPS) is 18.2. The van der Waals surface area contributed by atoms with E-state index in [0.717, 1.165) is 12.0 Å². The molecule has 0 aromatic heterocycles. The van der Waals surface area contributed by atoms with Gasteiger partial charge < -0.3 is 11.1 Å². The highest BCUT2D eigenvalue weighted by Gasteiger charge is 2.29. The monoisotopic (exact) mass is 325 g/mol. The average Bonchev–Trinajstić information content (AvgIpc) is 2.80. The number of sulfonamides is 1. The third-order valence-electron chi connectivity index (χ3n) is 3.78. The lowest BCUT2D eigenvalue weighted by Gasteiger charge is -2.20. The number of rotatable bonds is 5. The standard InChI is InChI=1S/C15H23N3O3S/c1-3-5-13(16)15(19)17-12-7-6-11(2)14(10-12)18-8-4-9-22(18,20)21/h6-7,10,13H,3-5,8-9,16H2,1-2H3,(H,17,19). The van der Waals surface area contributed by atoms with Crippen LogP contribution in [0.2, 0.25) is 0 Å². The van der Waals surface area contributed by atoms with E-state index in [1.165, 1.54) is 4.31 Å². The largest absolute Gasteiger partial charge is 0.325 e. The van der Waals surface area contributed by atoms with Crippen LogP contribution in [0.4, 0.5) is 11.4 Å². The van der Waals surface area contributed by atoms with E-state index in [1.54, 1.807) is 12.1 Å². The van der Waals surface area contributed by atoms with Crippen LogP contribution in [0.1, 0.15) is 31.7 Å². The Morgan fingerprint density at radius 1 is 1.45 bits per heavy atom. The summed E-state index contributed by atoms with van der Waals surface area (Å²) in [5.41, 5.74) is 7.85. The van der Waals surface area contributed by atoms with Crippen molar-refractivity contribution in [2.75, 3.05) is 21.9 Å².